The number of carbonyl (C=O) groups is 1. The van der Waals surface area contributed by atoms with Crippen LogP contribution in [-0.2, 0) is 6.61 Å². The number of anilines is 1. The van der Waals surface area contributed by atoms with Crippen molar-refractivity contribution in [2.45, 2.75) is 25.5 Å². The maximum absolute atomic E-state index is 13.0. The van der Waals surface area contributed by atoms with Gasteiger partial charge in [-0.3, -0.25) is 9.69 Å². The van der Waals surface area contributed by atoms with Gasteiger partial charge in [-0.15, -0.1) is 0 Å². The molecule has 2 aromatic carbocycles. The molecule has 0 bridgehead atoms. The molecule has 0 unspecified atom stereocenters. The molecule has 176 valence electrons. The van der Waals surface area contributed by atoms with E-state index in [4.69, 9.17) is 33.7 Å². The van der Waals surface area contributed by atoms with Crippen molar-refractivity contribution >= 4 is 34.9 Å². The third kappa shape index (κ3) is 5.14. The third-order valence-corrected chi connectivity index (χ3v) is 7.00. The molecule has 3 aromatic rings. The first kappa shape index (κ1) is 23.0. The number of hydrogen-bond acceptors (Lipinski definition) is 5. The molecule has 2 fully saturated rings. The fourth-order valence-electron chi connectivity index (χ4n) is 4.27. The number of pyridine rings is 1. The number of aromatic nitrogens is 1. The summed E-state index contributed by atoms with van der Waals surface area (Å²) in [6.45, 7) is 3.77. The van der Waals surface area contributed by atoms with Crippen molar-refractivity contribution < 1.29 is 9.53 Å². The molecule has 0 spiro atoms. The van der Waals surface area contributed by atoms with E-state index in [1.165, 1.54) is 12.8 Å². The zero-order valence-corrected chi connectivity index (χ0v) is 20.2. The van der Waals surface area contributed by atoms with Crippen LogP contribution in [0.4, 0.5) is 5.82 Å². The molecule has 1 aliphatic carbocycles. The summed E-state index contributed by atoms with van der Waals surface area (Å²) in [6, 6.07) is 15.4. The second kappa shape index (κ2) is 9.82. The predicted molar refractivity (Wildman–Crippen MR) is 135 cm³/mol. The Morgan fingerprint density at radius 3 is 2.44 bits per heavy atom. The third-order valence-electron chi connectivity index (χ3n) is 6.41. The molecule has 2 N–H and O–H groups in total. The van der Waals surface area contributed by atoms with Gasteiger partial charge in [-0.05, 0) is 48.7 Å². The van der Waals surface area contributed by atoms with Gasteiger partial charge in [0.15, 0.2) is 0 Å². The van der Waals surface area contributed by atoms with Crippen molar-refractivity contribution in [1.82, 2.24) is 14.8 Å². The van der Waals surface area contributed by atoms with Crippen molar-refractivity contribution in [3.8, 4) is 16.9 Å². The number of hydrogen-bond donors (Lipinski definition) is 1. The Hall–Kier alpha value is -2.80. The van der Waals surface area contributed by atoms with Crippen molar-refractivity contribution in [3.05, 3.63) is 75.9 Å². The first-order valence-corrected chi connectivity index (χ1v) is 12.2. The highest BCUT2D eigenvalue weighted by atomic mass is 35.5. The van der Waals surface area contributed by atoms with E-state index in [0.29, 0.717) is 27.2 Å². The average Bonchev–Trinajstić information content (AvgIpc) is 3.70. The van der Waals surface area contributed by atoms with Gasteiger partial charge in [0.2, 0.25) is 0 Å². The monoisotopic (exact) mass is 496 g/mol. The molecule has 1 aromatic heterocycles. The number of nitrogens with two attached hydrogens (primary N) is 1. The van der Waals surface area contributed by atoms with Gasteiger partial charge in [0.05, 0.1) is 6.20 Å². The fourth-order valence-corrected chi connectivity index (χ4v) is 4.73. The Balaban J connectivity index is 1.25. The maximum atomic E-state index is 13.0. The minimum Gasteiger partial charge on any atom is -0.487 e. The highest BCUT2D eigenvalue weighted by molar-refractivity contribution is 6.35. The summed E-state index contributed by atoms with van der Waals surface area (Å²) in [7, 11) is 0. The van der Waals surface area contributed by atoms with E-state index in [1.807, 2.05) is 41.3 Å². The van der Waals surface area contributed by atoms with Crippen LogP contribution in [0.25, 0.3) is 11.1 Å². The fraction of sp³-hybridized carbons (Fsp3) is 0.308. The number of piperazine rings is 1. The molecule has 34 heavy (non-hydrogen) atoms. The molecule has 2 aliphatic rings. The number of halogens is 2. The zero-order chi connectivity index (χ0) is 23.7. The SMILES string of the molecule is Nc1ncc(OCc2ccc(Cl)cc2Cl)cc1-c1ccc(C(=O)N2CCN(C3CC3)CC2)cc1. The Labute approximate surface area is 209 Å². The standard InChI is InChI=1S/C26H26Cl2N4O2/c27-20-6-5-19(24(28)13-20)16-34-22-14-23(25(29)30-15-22)17-1-3-18(4-2-17)26(33)32-11-9-31(10-12-32)21-7-8-21/h1-6,13-15,21H,7-12,16H2,(H2,29,30). The lowest BCUT2D eigenvalue weighted by Gasteiger charge is -2.34. The molecule has 6 nitrogen and oxygen atoms in total. The number of carbonyl (C=O) groups excluding carboxylic acids is 1. The molecule has 8 heteroatoms. The van der Waals surface area contributed by atoms with Crippen LogP contribution < -0.4 is 10.5 Å². The molecule has 1 saturated carbocycles. The van der Waals surface area contributed by atoms with E-state index in [1.54, 1.807) is 18.3 Å². The van der Waals surface area contributed by atoms with Crippen LogP contribution in [0, 0.1) is 0 Å². The molecule has 5 rings (SSSR count). The van der Waals surface area contributed by atoms with E-state index < -0.39 is 0 Å². The van der Waals surface area contributed by atoms with Gasteiger partial charge in [-0.1, -0.05) is 41.4 Å². The summed E-state index contributed by atoms with van der Waals surface area (Å²) in [5.41, 5.74) is 9.27. The minimum absolute atomic E-state index is 0.0741. The Morgan fingerprint density at radius 1 is 1.03 bits per heavy atom. The van der Waals surface area contributed by atoms with Crippen LogP contribution in [0.3, 0.4) is 0 Å². The lowest BCUT2D eigenvalue weighted by Crippen LogP contribution is -2.49. The molecular formula is C26H26Cl2N4O2. The summed E-state index contributed by atoms with van der Waals surface area (Å²) < 4.78 is 5.89. The number of ether oxygens (including phenoxy) is 1. The largest absolute Gasteiger partial charge is 0.487 e. The molecule has 0 radical (unpaired) electrons. The lowest BCUT2D eigenvalue weighted by atomic mass is 10.0. The first-order chi connectivity index (χ1) is 16.5. The van der Waals surface area contributed by atoms with Crippen molar-refractivity contribution in [2.24, 2.45) is 0 Å². The minimum atomic E-state index is 0.0741. The molecule has 1 saturated heterocycles. The van der Waals surface area contributed by atoms with E-state index >= 15 is 0 Å². The van der Waals surface area contributed by atoms with Crippen LogP contribution in [0.15, 0.2) is 54.7 Å². The van der Waals surface area contributed by atoms with Crippen molar-refractivity contribution in [1.29, 1.82) is 0 Å². The predicted octanol–water partition coefficient (Wildman–Crippen LogP) is 5.14. The van der Waals surface area contributed by atoms with Crippen molar-refractivity contribution in [3.63, 3.8) is 0 Å². The van der Waals surface area contributed by atoms with E-state index in [-0.39, 0.29) is 12.5 Å². The van der Waals surface area contributed by atoms with Crippen LogP contribution in [0.1, 0.15) is 28.8 Å². The summed E-state index contributed by atoms with van der Waals surface area (Å²) in [5, 5.41) is 1.12. The van der Waals surface area contributed by atoms with Crippen LogP contribution in [0.5, 0.6) is 5.75 Å². The summed E-state index contributed by atoms with van der Waals surface area (Å²) in [4.78, 5) is 21.7. The molecular weight excluding hydrogens is 471 g/mol. The zero-order valence-electron chi connectivity index (χ0n) is 18.7. The van der Waals surface area contributed by atoms with E-state index in [9.17, 15) is 4.79 Å². The number of nitrogen functional groups attached to an aromatic ring is 1. The van der Waals surface area contributed by atoms with Crippen LogP contribution in [-0.4, -0.2) is 52.9 Å². The second-order valence-corrected chi connectivity index (χ2v) is 9.61. The summed E-state index contributed by atoms with van der Waals surface area (Å²) in [5.74, 6) is 1.04. The van der Waals surface area contributed by atoms with Gasteiger partial charge in [0.25, 0.3) is 5.91 Å². The smallest absolute Gasteiger partial charge is 0.253 e. The Kier molecular flexibility index (Phi) is 6.63. The number of rotatable bonds is 6. The Morgan fingerprint density at radius 2 is 1.76 bits per heavy atom. The van der Waals surface area contributed by atoms with Gasteiger partial charge in [0.1, 0.15) is 18.2 Å². The Bertz CT molecular complexity index is 1190. The van der Waals surface area contributed by atoms with Gasteiger partial charge in [0, 0.05) is 59.0 Å². The number of benzene rings is 2. The molecule has 2 heterocycles. The average molecular weight is 497 g/mol. The number of amides is 1. The number of nitrogens with zero attached hydrogens (tertiary/aromatic N) is 3. The van der Waals surface area contributed by atoms with Gasteiger partial charge >= 0.3 is 0 Å². The highest BCUT2D eigenvalue weighted by Gasteiger charge is 2.32. The quantitative estimate of drug-likeness (QED) is 0.511. The highest BCUT2D eigenvalue weighted by Crippen LogP contribution is 2.30. The summed E-state index contributed by atoms with van der Waals surface area (Å²) >= 11 is 12.2. The van der Waals surface area contributed by atoms with Gasteiger partial charge in [-0.25, -0.2) is 4.98 Å². The molecule has 1 amide bonds. The normalized spacial score (nSPS) is 16.5. The van der Waals surface area contributed by atoms with E-state index in [2.05, 4.69) is 9.88 Å². The van der Waals surface area contributed by atoms with Crippen LogP contribution in [0.2, 0.25) is 10.0 Å². The van der Waals surface area contributed by atoms with Crippen molar-refractivity contribution in [2.75, 3.05) is 31.9 Å². The maximum Gasteiger partial charge on any atom is 0.253 e. The van der Waals surface area contributed by atoms with Gasteiger partial charge < -0.3 is 15.4 Å². The van der Waals surface area contributed by atoms with Crippen LogP contribution >= 0.6 is 23.2 Å². The second-order valence-electron chi connectivity index (χ2n) is 8.76. The van der Waals surface area contributed by atoms with E-state index in [0.717, 1.165) is 48.9 Å². The summed E-state index contributed by atoms with van der Waals surface area (Å²) in [6.07, 6.45) is 4.19. The lowest BCUT2D eigenvalue weighted by molar-refractivity contribution is 0.0627. The van der Waals surface area contributed by atoms with Gasteiger partial charge in [-0.2, -0.15) is 0 Å². The molecule has 1 aliphatic heterocycles. The molecule has 0 atom stereocenters. The first-order valence-electron chi connectivity index (χ1n) is 11.4. The topological polar surface area (TPSA) is 71.7 Å².